The summed E-state index contributed by atoms with van der Waals surface area (Å²) in [5, 5.41) is 4.23. The summed E-state index contributed by atoms with van der Waals surface area (Å²) >= 11 is 7.52. The fourth-order valence-corrected chi connectivity index (χ4v) is 4.61. The highest BCUT2D eigenvalue weighted by molar-refractivity contribution is 7.99. The molecule has 4 rings (SSSR count). The molecule has 3 aromatic carbocycles. The Morgan fingerprint density at radius 3 is 2.33 bits per heavy atom. The molecule has 0 aliphatic rings. The number of thioether (sulfide) groups is 1. The first kappa shape index (κ1) is 23.1. The van der Waals surface area contributed by atoms with Crippen molar-refractivity contribution in [1.82, 2.24) is 14.9 Å². The lowest BCUT2D eigenvalue weighted by Gasteiger charge is -2.16. The normalized spacial score (nSPS) is 11.9. The maximum Gasteiger partial charge on any atom is 0.231 e. The Morgan fingerprint density at radius 2 is 1.67 bits per heavy atom. The van der Waals surface area contributed by atoms with Crippen LogP contribution in [0.4, 0.5) is 0 Å². The number of benzene rings is 3. The van der Waals surface area contributed by atoms with E-state index in [1.165, 1.54) is 18.7 Å². The molecule has 1 N–H and O–H groups in total. The summed E-state index contributed by atoms with van der Waals surface area (Å²) in [5.41, 5.74) is 3.88. The summed E-state index contributed by atoms with van der Waals surface area (Å²) in [4.78, 5) is 29.6. The number of halogens is 1. The molecule has 0 unspecified atom stereocenters. The number of ketones is 1. The van der Waals surface area contributed by atoms with E-state index in [-0.39, 0.29) is 17.4 Å². The molecular weight excluding hydrogens is 454 g/mol. The van der Waals surface area contributed by atoms with Crippen LogP contribution in [-0.4, -0.2) is 33.0 Å². The summed E-state index contributed by atoms with van der Waals surface area (Å²) in [6, 6.07) is 24.8. The van der Waals surface area contributed by atoms with Gasteiger partial charge in [0.1, 0.15) is 0 Å². The fourth-order valence-electron chi connectivity index (χ4n) is 3.62. The van der Waals surface area contributed by atoms with Crippen molar-refractivity contribution in [1.29, 1.82) is 0 Å². The number of hydrogen-bond donors (Lipinski definition) is 1. The molecule has 1 heterocycles. The number of amides is 1. The number of carbonyl (C=O) groups is 2. The van der Waals surface area contributed by atoms with Crippen LogP contribution in [0, 0.1) is 0 Å². The molecule has 33 heavy (non-hydrogen) atoms. The van der Waals surface area contributed by atoms with Gasteiger partial charge in [0.05, 0.1) is 29.4 Å². The highest BCUT2D eigenvalue weighted by atomic mass is 35.5. The summed E-state index contributed by atoms with van der Waals surface area (Å²) in [6.07, 6.45) is 0.470. The zero-order valence-electron chi connectivity index (χ0n) is 18.2. The Morgan fingerprint density at radius 1 is 1.00 bits per heavy atom. The molecule has 0 saturated heterocycles. The average molecular weight is 478 g/mol. The maximum absolute atomic E-state index is 12.7. The highest BCUT2D eigenvalue weighted by Gasteiger charge is 2.19. The second kappa shape index (κ2) is 10.7. The third kappa shape index (κ3) is 6.03. The molecule has 5 nitrogen and oxygen atoms in total. The first-order valence-electron chi connectivity index (χ1n) is 10.7. The zero-order valence-corrected chi connectivity index (χ0v) is 19.8. The van der Waals surface area contributed by atoms with Gasteiger partial charge in [-0.05, 0) is 42.7 Å². The molecule has 1 amide bonds. The van der Waals surface area contributed by atoms with Crippen LogP contribution in [0.1, 0.15) is 18.1 Å². The van der Waals surface area contributed by atoms with Crippen molar-refractivity contribution in [2.24, 2.45) is 0 Å². The third-order valence-corrected chi connectivity index (χ3v) is 6.51. The van der Waals surface area contributed by atoms with E-state index in [1.807, 2.05) is 66.7 Å². The van der Waals surface area contributed by atoms with Gasteiger partial charge in [0, 0.05) is 5.02 Å². The number of imidazole rings is 1. The molecule has 7 heteroatoms. The van der Waals surface area contributed by atoms with Gasteiger partial charge in [-0.15, -0.1) is 0 Å². The van der Waals surface area contributed by atoms with Crippen molar-refractivity contribution >= 4 is 46.1 Å². The lowest BCUT2D eigenvalue weighted by Crippen LogP contribution is -2.42. The summed E-state index contributed by atoms with van der Waals surface area (Å²) in [5.74, 6) is -0.111. The Kier molecular flexibility index (Phi) is 7.47. The van der Waals surface area contributed by atoms with Gasteiger partial charge in [-0.3, -0.25) is 9.59 Å². The molecule has 1 aromatic heterocycles. The van der Waals surface area contributed by atoms with Gasteiger partial charge in [-0.25, -0.2) is 4.98 Å². The summed E-state index contributed by atoms with van der Waals surface area (Å²) in [6.45, 7) is 2.14. The predicted octanol–water partition coefficient (Wildman–Crippen LogP) is 5.15. The van der Waals surface area contributed by atoms with E-state index in [0.29, 0.717) is 18.0 Å². The number of hydrogen-bond acceptors (Lipinski definition) is 4. The van der Waals surface area contributed by atoms with Crippen LogP contribution in [0.15, 0.2) is 84.0 Å². The lowest BCUT2D eigenvalue weighted by atomic mass is 10.0. The quantitative estimate of drug-likeness (QED) is 0.339. The smallest absolute Gasteiger partial charge is 0.231 e. The average Bonchev–Trinajstić information content (AvgIpc) is 3.14. The second-order valence-corrected chi connectivity index (χ2v) is 9.19. The minimum Gasteiger partial charge on any atom is -0.345 e. The molecule has 0 spiro atoms. The second-order valence-electron chi connectivity index (χ2n) is 7.81. The molecule has 168 valence electrons. The third-order valence-electron chi connectivity index (χ3n) is 5.30. The van der Waals surface area contributed by atoms with Crippen LogP contribution < -0.4 is 5.32 Å². The Hall–Kier alpha value is -3.09. The standard InChI is InChI=1S/C26H24ClN3O2S/c1-18(31)22(14-19-8-4-2-5-9-19)28-25(32)17-33-26-29-23-15-21(27)12-13-24(23)30(26)16-20-10-6-3-7-11-20/h2-13,15,22H,14,16-17H2,1H3,(H,28,32)/t22-/m1/s1. The number of fused-ring (bicyclic) bond motifs is 1. The van der Waals surface area contributed by atoms with Crippen LogP contribution >= 0.6 is 23.4 Å². The molecule has 1 atom stereocenters. The van der Waals surface area contributed by atoms with E-state index in [9.17, 15) is 9.59 Å². The van der Waals surface area contributed by atoms with E-state index < -0.39 is 6.04 Å². The molecule has 4 aromatic rings. The first-order valence-corrected chi connectivity index (χ1v) is 12.0. The molecule has 0 fully saturated rings. The van der Waals surface area contributed by atoms with Crippen LogP contribution in [0.25, 0.3) is 11.0 Å². The van der Waals surface area contributed by atoms with E-state index >= 15 is 0 Å². The van der Waals surface area contributed by atoms with Crippen LogP contribution in [0.3, 0.4) is 0 Å². The highest BCUT2D eigenvalue weighted by Crippen LogP contribution is 2.27. The van der Waals surface area contributed by atoms with Gasteiger partial charge in [0.15, 0.2) is 10.9 Å². The van der Waals surface area contributed by atoms with E-state index in [2.05, 4.69) is 22.0 Å². The van der Waals surface area contributed by atoms with E-state index in [4.69, 9.17) is 16.6 Å². The number of rotatable bonds is 9. The van der Waals surface area contributed by atoms with Gasteiger partial charge in [-0.1, -0.05) is 84.0 Å². The summed E-state index contributed by atoms with van der Waals surface area (Å²) in [7, 11) is 0. The lowest BCUT2D eigenvalue weighted by molar-refractivity contribution is -0.125. The summed E-state index contributed by atoms with van der Waals surface area (Å²) < 4.78 is 2.09. The van der Waals surface area contributed by atoms with Crippen molar-refractivity contribution in [3.63, 3.8) is 0 Å². The Balaban J connectivity index is 1.49. The molecule has 0 bridgehead atoms. The molecule has 0 aliphatic heterocycles. The van der Waals surface area contributed by atoms with Crippen molar-refractivity contribution in [3.05, 3.63) is 95.0 Å². The number of carbonyl (C=O) groups excluding carboxylic acids is 2. The fraction of sp³-hybridized carbons (Fsp3) is 0.192. The molecular formula is C26H24ClN3O2S. The van der Waals surface area contributed by atoms with Gasteiger partial charge in [0.2, 0.25) is 5.91 Å². The SMILES string of the molecule is CC(=O)[C@@H](Cc1ccccc1)NC(=O)CSc1nc2cc(Cl)ccc2n1Cc1ccccc1. The minimum absolute atomic E-state index is 0.0665. The number of Topliss-reactive ketones (excluding diaryl/α,β-unsaturated/α-hetero) is 1. The van der Waals surface area contributed by atoms with Crippen LogP contribution in [0.2, 0.25) is 5.02 Å². The van der Waals surface area contributed by atoms with Crippen LogP contribution in [-0.2, 0) is 22.6 Å². The van der Waals surface area contributed by atoms with Crippen molar-refractivity contribution in [2.75, 3.05) is 5.75 Å². The van der Waals surface area contributed by atoms with Gasteiger partial charge in [0.25, 0.3) is 0 Å². The molecule has 0 aliphatic carbocycles. The van der Waals surface area contributed by atoms with Gasteiger partial charge in [-0.2, -0.15) is 0 Å². The largest absolute Gasteiger partial charge is 0.345 e. The first-order chi connectivity index (χ1) is 16.0. The van der Waals surface area contributed by atoms with Gasteiger partial charge >= 0.3 is 0 Å². The van der Waals surface area contributed by atoms with E-state index in [1.54, 1.807) is 0 Å². The predicted molar refractivity (Wildman–Crippen MR) is 134 cm³/mol. The van der Waals surface area contributed by atoms with E-state index in [0.717, 1.165) is 27.3 Å². The number of nitrogens with zero attached hydrogens (tertiary/aromatic N) is 2. The zero-order chi connectivity index (χ0) is 23.2. The number of aromatic nitrogens is 2. The van der Waals surface area contributed by atoms with Crippen molar-refractivity contribution in [2.45, 2.75) is 31.1 Å². The topological polar surface area (TPSA) is 64.0 Å². The van der Waals surface area contributed by atoms with Gasteiger partial charge < -0.3 is 9.88 Å². The monoisotopic (exact) mass is 477 g/mol. The van der Waals surface area contributed by atoms with Crippen molar-refractivity contribution < 1.29 is 9.59 Å². The number of nitrogens with one attached hydrogen (secondary N) is 1. The maximum atomic E-state index is 12.7. The Bertz CT molecular complexity index is 1260. The van der Waals surface area contributed by atoms with Crippen LogP contribution in [0.5, 0.6) is 0 Å². The molecule has 0 saturated carbocycles. The minimum atomic E-state index is -0.553. The molecule has 0 radical (unpaired) electrons. The Labute approximate surface area is 202 Å². The van der Waals surface area contributed by atoms with Crippen molar-refractivity contribution in [3.8, 4) is 0 Å².